The molecule has 2 rings (SSSR count). The summed E-state index contributed by atoms with van der Waals surface area (Å²) >= 11 is 0. The lowest BCUT2D eigenvalue weighted by Crippen LogP contribution is -2.20. The van der Waals surface area contributed by atoms with E-state index >= 15 is 0 Å². The topological polar surface area (TPSA) is 52.0 Å². The van der Waals surface area contributed by atoms with Gasteiger partial charge in [0.05, 0.1) is 5.69 Å². The van der Waals surface area contributed by atoms with Crippen LogP contribution in [-0.4, -0.2) is 6.54 Å². The van der Waals surface area contributed by atoms with Crippen molar-refractivity contribution in [3.63, 3.8) is 0 Å². The lowest BCUT2D eigenvalue weighted by Gasteiger charge is -2.28. The average molecular weight is 222 g/mol. The Hall–Kier alpha value is -1.09. The minimum atomic E-state index is -0.293. The lowest BCUT2D eigenvalue weighted by atomic mass is 9.79. The highest BCUT2D eigenvalue weighted by atomic mass is 19.1. The first-order valence-electron chi connectivity index (χ1n) is 5.95. The van der Waals surface area contributed by atoms with Gasteiger partial charge in [-0.15, -0.1) is 0 Å². The maximum absolute atomic E-state index is 13.3. The molecule has 1 fully saturated rings. The quantitative estimate of drug-likeness (QED) is 0.756. The molecule has 1 aliphatic carbocycles. The number of nitrogens with two attached hydrogens (primary N) is 2. The smallest absolute Gasteiger partial charge is 0.146 e. The molecule has 0 aromatic heterocycles. The lowest BCUT2D eigenvalue weighted by molar-refractivity contribution is 0.332. The van der Waals surface area contributed by atoms with Crippen molar-refractivity contribution in [3.05, 3.63) is 29.6 Å². The molecular formula is C13H19FN2. The van der Waals surface area contributed by atoms with Gasteiger partial charge in [-0.25, -0.2) is 4.39 Å². The van der Waals surface area contributed by atoms with Crippen LogP contribution in [0.5, 0.6) is 0 Å². The van der Waals surface area contributed by atoms with Crippen molar-refractivity contribution in [2.45, 2.75) is 31.6 Å². The van der Waals surface area contributed by atoms with Gasteiger partial charge >= 0.3 is 0 Å². The number of halogens is 1. The number of hydrogen-bond donors (Lipinski definition) is 2. The Balaban J connectivity index is 2.05. The van der Waals surface area contributed by atoms with Crippen LogP contribution < -0.4 is 11.5 Å². The second kappa shape index (κ2) is 4.83. The third-order valence-electron chi connectivity index (χ3n) is 3.68. The molecule has 0 unspecified atom stereocenters. The summed E-state index contributed by atoms with van der Waals surface area (Å²) in [6.45, 7) is 0.781. The van der Waals surface area contributed by atoms with Crippen LogP contribution in [0.1, 0.15) is 37.2 Å². The molecule has 1 aliphatic rings. The zero-order valence-electron chi connectivity index (χ0n) is 9.45. The molecule has 0 aliphatic heterocycles. The molecule has 0 saturated heterocycles. The van der Waals surface area contributed by atoms with Gasteiger partial charge in [-0.1, -0.05) is 6.07 Å². The fraction of sp³-hybridized carbons (Fsp3) is 0.538. The van der Waals surface area contributed by atoms with Crippen LogP contribution in [0.4, 0.5) is 10.1 Å². The van der Waals surface area contributed by atoms with Gasteiger partial charge in [-0.2, -0.15) is 0 Å². The minimum Gasteiger partial charge on any atom is -0.396 e. The van der Waals surface area contributed by atoms with Gasteiger partial charge in [-0.05, 0) is 61.8 Å². The summed E-state index contributed by atoms with van der Waals surface area (Å²) in [6.07, 6.45) is 4.55. The maximum Gasteiger partial charge on any atom is 0.146 e. The molecule has 3 heteroatoms. The van der Waals surface area contributed by atoms with E-state index in [4.69, 9.17) is 11.5 Å². The average Bonchev–Trinajstić information content (AvgIpc) is 2.33. The molecule has 88 valence electrons. The van der Waals surface area contributed by atoms with E-state index in [0.717, 1.165) is 37.8 Å². The Bertz CT molecular complexity index is 357. The van der Waals surface area contributed by atoms with Crippen molar-refractivity contribution < 1.29 is 4.39 Å². The second-order valence-electron chi connectivity index (χ2n) is 4.73. The second-order valence-corrected chi connectivity index (χ2v) is 4.73. The van der Waals surface area contributed by atoms with E-state index in [9.17, 15) is 4.39 Å². The highest BCUT2D eigenvalue weighted by Gasteiger charge is 2.21. The molecule has 1 aromatic rings. The number of anilines is 1. The minimum absolute atomic E-state index is 0.236. The normalized spacial score (nSPS) is 25.6. The van der Waals surface area contributed by atoms with Crippen molar-refractivity contribution in [3.8, 4) is 0 Å². The predicted molar refractivity (Wildman–Crippen MR) is 64.6 cm³/mol. The summed E-state index contributed by atoms with van der Waals surface area (Å²) in [5, 5.41) is 0. The van der Waals surface area contributed by atoms with Crippen molar-refractivity contribution in [2.75, 3.05) is 12.3 Å². The third-order valence-corrected chi connectivity index (χ3v) is 3.68. The van der Waals surface area contributed by atoms with Gasteiger partial charge in [0, 0.05) is 0 Å². The monoisotopic (exact) mass is 222 g/mol. The van der Waals surface area contributed by atoms with Crippen LogP contribution in [0.15, 0.2) is 18.2 Å². The number of rotatable bonds is 2. The van der Waals surface area contributed by atoms with Gasteiger partial charge in [0.15, 0.2) is 0 Å². The summed E-state index contributed by atoms with van der Waals surface area (Å²) in [6, 6.07) is 5.20. The van der Waals surface area contributed by atoms with E-state index in [2.05, 4.69) is 0 Å². The summed E-state index contributed by atoms with van der Waals surface area (Å²) in [4.78, 5) is 0. The first-order chi connectivity index (χ1) is 7.70. The Kier molecular flexibility index (Phi) is 3.44. The van der Waals surface area contributed by atoms with Crippen LogP contribution in [-0.2, 0) is 0 Å². The number of hydrogen-bond acceptors (Lipinski definition) is 2. The molecule has 0 bridgehead atoms. The Morgan fingerprint density at radius 2 is 1.88 bits per heavy atom. The first kappa shape index (κ1) is 11.4. The van der Waals surface area contributed by atoms with Gasteiger partial charge in [0.25, 0.3) is 0 Å². The van der Waals surface area contributed by atoms with E-state index in [0.29, 0.717) is 11.8 Å². The Labute approximate surface area is 95.8 Å². The Morgan fingerprint density at radius 3 is 2.44 bits per heavy atom. The molecule has 4 N–H and O–H groups in total. The summed E-state index contributed by atoms with van der Waals surface area (Å²) in [7, 11) is 0. The van der Waals surface area contributed by atoms with Gasteiger partial charge in [0.1, 0.15) is 5.82 Å². The van der Waals surface area contributed by atoms with Crippen molar-refractivity contribution in [1.82, 2.24) is 0 Å². The fourth-order valence-corrected chi connectivity index (χ4v) is 2.53. The summed E-state index contributed by atoms with van der Waals surface area (Å²) in [5.74, 6) is 0.853. The molecule has 0 heterocycles. The van der Waals surface area contributed by atoms with Crippen LogP contribution >= 0.6 is 0 Å². The van der Waals surface area contributed by atoms with Gasteiger partial charge in [-0.3, -0.25) is 0 Å². The largest absolute Gasteiger partial charge is 0.396 e. The molecule has 2 nitrogen and oxygen atoms in total. The zero-order valence-corrected chi connectivity index (χ0v) is 9.45. The SMILES string of the molecule is NCC1CCC(c2ccc(N)c(F)c2)CC1. The first-order valence-corrected chi connectivity index (χ1v) is 5.95. The summed E-state index contributed by atoms with van der Waals surface area (Å²) in [5.41, 5.74) is 12.4. The van der Waals surface area contributed by atoms with Crippen molar-refractivity contribution in [1.29, 1.82) is 0 Å². The zero-order chi connectivity index (χ0) is 11.5. The highest BCUT2D eigenvalue weighted by molar-refractivity contribution is 5.42. The molecule has 1 aromatic carbocycles. The van der Waals surface area contributed by atoms with Crippen LogP contribution in [0, 0.1) is 11.7 Å². The van der Waals surface area contributed by atoms with Crippen molar-refractivity contribution in [2.24, 2.45) is 11.7 Å². The highest BCUT2D eigenvalue weighted by Crippen LogP contribution is 2.35. The molecular weight excluding hydrogens is 203 g/mol. The van der Waals surface area contributed by atoms with Crippen LogP contribution in [0.2, 0.25) is 0 Å². The molecule has 1 saturated carbocycles. The van der Waals surface area contributed by atoms with Crippen LogP contribution in [0.25, 0.3) is 0 Å². The molecule has 16 heavy (non-hydrogen) atoms. The molecule has 0 amide bonds. The van der Waals surface area contributed by atoms with Gasteiger partial charge in [0.2, 0.25) is 0 Å². The number of benzene rings is 1. The fourth-order valence-electron chi connectivity index (χ4n) is 2.53. The van der Waals surface area contributed by atoms with E-state index < -0.39 is 0 Å². The molecule has 0 atom stereocenters. The standard InChI is InChI=1S/C13H19FN2/c14-12-7-11(5-6-13(12)16)10-3-1-9(8-15)2-4-10/h5-7,9-10H,1-4,8,15-16H2. The molecule has 0 radical (unpaired) electrons. The molecule has 0 spiro atoms. The van der Waals surface area contributed by atoms with E-state index in [1.165, 1.54) is 0 Å². The van der Waals surface area contributed by atoms with Crippen molar-refractivity contribution >= 4 is 5.69 Å². The summed E-state index contributed by atoms with van der Waals surface area (Å²) < 4.78 is 13.3. The van der Waals surface area contributed by atoms with E-state index in [1.807, 2.05) is 6.07 Å². The van der Waals surface area contributed by atoms with E-state index in [1.54, 1.807) is 12.1 Å². The Morgan fingerprint density at radius 1 is 1.19 bits per heavy atom. The third kappa shape index (κ3) is 2.35. The van der Waals surface area contributed by atoms with E-state index in [-0.39, 0.29) is 11.5 Å². The maximum atomic E-state index is 13.3. The van der Waals surface area contributed by atoms with Crippen LogP contribution in [0.3, 0.4) is 0 Å². The number of nitrogen functional groups attached to an aromatic ring is 1. The van der Waals surface area contributed by atoms with Gasteiger partial charge < -0.3 is 11.5 Å². The predicted octanol–water partition coefficient (Wildman–Crippen LogP) is 2.64.